The molecule has 0 aliphatic carbocycles. The van der Waals surface area contributed by atoms with Crippen molar-refractivity contribution in [2.45, 2.75) is 34.3 Å². The maximum Gasteiger partial charge on any atom is 0.253 e. The van der Waals surface area contributed by atoms with E-state index < -0.39 is 0 Å². The van der Waals surface area contributed by atoms with Gasteiger partial charge in [0.1, 0.15) is 5.75 Å². The molecule has 5 nitrogen and oxygen atoms in total. The van der Waals surface area contributed by atoms with E-state index in [0.29, 0.717) is 25.4 Å². The van der Waals surface area contributed by atoms with Crippen molar-refractivity contribution in [3.05, 3.63) is 58.7 Å². The number of hydrogen-bond donors (Lipinski definition) is 0. The molecule has 0 radical (unpaired) electrons. The molecule has 29 heavy (non-hydrogen) atoms. The Kier molecular flexibility index (Phi) is 7.15. The molecule has 1 heterocycles. The summed E-state index contributed by atoms with van der Waals surface area (Å²) in [7, 11) is 0. The van der Waals surface area contributed by atoms with E-state index in [0.717, 1.165) is 37.5 Å². The SMILES string of the molecule is CCOCc1cc(C(=O)N2CCN(c3cccc(C)c3C)CC2)ccc1OCC. The molecule has 0 atom stereocenters. The van der Waals surface area contributed by atoms with Crippen molar-refractivity contribution in [3.8, 4) is 5.75 Å². The van der Waals surface area contributed by atoms with Crippen LogP contribution in [0.25, 0.3) is 0 Å². The summed E-state index contributed by atoms with van der Waals surface area (Å²) in [6, 6.07) is 12.1. The first-order valence-electron chi connectivity index (χ1n) is 10.5. The van der Waals surface area contributed by atoms with Crippen LogP contribution >= 0.6 is 0 Å². The number of piperazine rings is 1. The molecule has 0 bridgehead atoms. The number of aryl methyl sites for hydroxylation is 1. The third-order valence-electron chi connectivity index (χ3n) is 5.55. The van der Waals surface area contributed by atoms with Gasteiger partial charge in [-0.25, -0.2) is 0 Å². The lowest BCUT2D eigenvalue weighted by atomic mass is 10.1. The molecular formula is C24H32N2O3. The van der Waals surface area contributed by atoms with Crippen LogP contribution in [0, 0.1) is 13.8 Å². The van der Waals surface area contributed by atoms with Crippen LogP contribution in [-0.4, -0.2) is 50.2 Å². The van der Waals surface area contributed by atoms with Crippen LogP contribution in [0.1, 0.15) is 40.9 Å². The van der Waals surface area contributed by atoms with E-state index in [9.17, 15) is 4.79 Å². The minimum atomic E-state index is 0.0754. The van der Waals surface area contributed by atoms with E-state index in [4.69, 9.17) is 9.47 Å². The van der Waals surface area contributed by atoms with E-state index in [2.05, 4.69) is 36.9 Å². The molecule has 156 valence electrons. The van der Waals surface area contributed by atoms with Crippen molar-refractivity contribution >= 4 is 11.6 Å². The van der Waals surface area contributed by atoms with Crippen LogP contribution < -0.4 is 9.64 Å². The molecule has 5 heteroatoms. The van der Waals surface area contributed by atoms with Gasteiger partial charge in [-0.2, -0.15) is 0 Å². The maximum atomic E-state index is 13.1. The number of anilines is 1. The summed E-state index contributed by atoms with van der Waals surface area (Å²) in [4.78, 5) is 17.4. The minimum Gasteiger partial charge on any atom is -0.494 e. The third kappa shape index (κ3) is 4.91. The quantitative estimate of drug-likeness (QED) is 0.703. The van der Waals surface area contributed by atoms with E-state index in [1.807, 2.05) is 36.9 Å². The number of carbonyl (C=O) groups is 1. The number of benzene rings is 2. The van der Waals surface area contributed by atoms with Crippen LogP contribution in [0.3, 0.4) is 0 Å². The van der Waals surface area contributed by atoms with Crippen molar-refractivity contribution < 1.29 is 14.3 Å². The summed E-state index contributed by atoms with van der Waals surface area (Å²) in [5.41, 5.74) is 5.52. The largest absolute Gasteiger partial charge is 0.494 e. The molecule has 1 saturated heterocycles. The first-order chi connectivity index (χ1) is 14.0. The fourth-order valence-corrected chi connectivity index (χ4v) is 3.74. The van der Waals surface area contributed by atoms with Crippen LogP contribution in [0.15, 0.2) is 36.4 Å². The van der Waals surface area contributed by atoms with E-state index >= 15 is 0 Å². The summed E-state index contributed by atoms with van der Waals surface area (Å²) in [6.45, 7) is 13.0. The van der Waals surface area contributed by atoms with E-state index in [-0.39, 0.29) is 5.91 Å². The highest BCUT2D eigenvalue weighted by Gasteiger charge is 2.24. The highest BCUT2D eigenvalue weighted by atomic mass is 16.5. The highest BCUT2D eigenvalue weighted by molar-refractivity contribution is 5.94. The van der Waals surface area contributed by atoms with Crippen LogP contribution in [0.5, 0.6) is 5.75 Å². The van der Waals surface area contributed by atoms with Crippen molar-refractivity contribution in [2.75, 3.05) is 44.3 Å². The lowest BCUT2D eigenvalue weighted by Gasteiger charge is -2.37. The minimum absolute atomic E-state index is 0.0754. The Morgan fingerprint density at radius 3 is 2.45 bits per heavy atom. The second-order valence-corrected chi connectivity index (χ2v) is 7.39. The van der Waals surface area contributed by atoms with Gasteiger partial charge >= 0.3 is 0 Å². The van der Waals surface area contributed by atoms with Gasteiger partial charge in [-0.1, -0.05) is 12.1 Å². The Labute approximate surface area is 174 Å². The average Bonchev–Trinajstić information content (AvgIpc) is 2.75. The summed E-state index contributed by atoms with van der Waals surface area (Å²) < 4.78 is 11.2. The zero-order valence-corrected chi connectivity index (χ0v) is 18.0. The molecular weight excluding hydrogens is 364 g/mol. The molecule has 0 aromatic heterocycles. The molecule has 2 aromatic rings. The van der Waals surface area contributed by atoms with E-state index in [1.165, 1.54) is 16.8 Å². The van der Waals surface area contributed by atoms with Gasteiger partial charge in [0, 0.05) is 49.6 Å². The smallest absolute Gasteiger partial charge is 0.253 e. The van der Waals surface area contributed by atoms with Crippen molar-refractivity contribution in [1.29, 1.82) is 0 Å². The third-order valence-corrected chi connectivity index (χ3v) is 5.55. The second-order valence-electron chi connectivity index (χ2n) is 7.39. The molecule has 2 aromatic carbocycles. The monoisotopic (exact) mass is 396 g/mol. The second kappa shape index (κ2) is 9.79. The Morgan fingerprint density at radius 1 is 1.00 bits per heavy atom. The molecule has 1 amide bonds. The van der Waals surface area contributed by atoms with Gasteiger partial charge in [-0.05, 0) is 63.1 Å². The maximum absolute atomic E-state index is 13.1. The van der Waals surface area contributed by atoms with Gasteiger partial charge in [0.15, 0.2) is 0 Å². The fraction of sp³-hybridized carbons (Fsp3) is 0.458. The summed E-state index contributed by atoms with van der Waals surface area (Å²) >= 11 is 0. The molecule has 0 spiro atoms. The number of hydrogen-bond acceptors (Lipinski definition) is 4. The zero-order chi connectivity index (χ0) is 20.8. The predicted octanol–water partition coefficient (Wildman–Crippen LogP) is 4.20. The van der Waals surface area contributed by atoms with Crippen LogP contribution in [0.2, 0.25) is 0 Å². The van der Waals surface area contributed by atoms with Gasteiger partial charge in [0.25, 0.3) is 5.91 Å². The van der Waals surface area contributed by atoms with Gasteiger partial charge in [-0.15, -0.1) is 0 Å². The summed E-state index contributed by atoms with van der Waals surface area (Å²) in [5, 5.41) is 0. The molecule has 1 fully saturated rings. The standard InChI is InChI=1S/C24H32N2O3/c1-5-28-17-21-16-20(10-11-23(21)29-6-2)24(27)26-14-12-25(13-15-26)22-9-7-8-18(3)19(22)4/h7-11,16H,5-6,12-15,17H2,1-4H3. The van der Waals surface area contributed by atoms with Crippen LogP contribution in [0.4, 0.5) is 5.69 Å². The number of nitrogens with zero attached hydrogens (tertiary/aromatic N) is 2. The molecule has 1 aliphatic heterocycles. The first kappa shape index (κ1) is 21.2. The van der Waals surface area contributed by atoms with Gasteiger partial charge in [0.2, 0.25) is 0 Å². The Hall–Kier alpha value is -2.53. The number of amides is 1. The number of ether oxygens (including phenoxy) is 2. The molecule has 1 aliphatic rings. The lowest BCUT2D eigenvalue weighted by Crippen LogP contribution is -2.49. The predicted molar refractivity (Wildman–Crippen MR) is 117 cm³/mol. The number of carbonyl (C=O) groups excluding carboxylic acids is 1. The van der Waals surface area contributed by atoms with Gasteiger partial charge < -0.3 is 19.3 Å². The number of rotatable bonds is 7. The normalized spacial score (nSPS) is 14.2. The summed E-state index contributed by atoms with van der Waals surface area (Å²) in [6.07, 6.45) is 0. The Balaban J connectivity index is 1.69. The lowest BCUT2D eigenvalue weighted by molar-refractivity contribution is 0.0746. The summed E-state index contributed by atoms with van der Waals surface area (Å²) in [5.74, 6) is 0.864. The zero-order valence-electron chi connectivity index (χ0n) is 18.0. The van der Waals surface area contributed by atoms with E-state index in [1.54, 1.807) is 0 Å². The molecule has 0 unspecified atom stereocenters. The van der Waals surface area contributed by atoms with Crippen LogP contribution in [-0.2, 0) is 11.3 Å². The Morgan fingerprint density at radius 2 is 1.76 bits per heavy atom. The molecule has 0 N–H and O–H groups in total. The molecule has 0 saturated carbocycles. The average molecular weight is 397 g/mol. The highest BCUT2D eigenvalue weighted by Crippen LogP contribution is 2.25. The first-order valence-corrected chi connectivity index (χ1v) is 10.5. The molecule has 3 rings (SSSR count). The Bertz CT molecular complexity index is 842. The van der Waals surface area contributed by atoms with Gasteiger partial charge in [-0.3, -0.25) is 4.79 Å². The van der Waals surface area contributed by atoms with Gasteiger partial charge in [0.05, 0.1) is 13.2 Å². The fourth-order valence-electron chi connectivity index (χ4n) is 3.74. The van der Waals surface area contributed by atoms with Crippen molar-refractivity contribution in [3.63, 3.8) is 0 Å². The van der Waals surface area contributed by atoms with Crippen molar-refractivity contribution in [1.82, 2.24) is 4.90 Å². The topological polar surface area (TPSA) is 42.0 Å². The van der Waals surface area contributed by atoms with Crippen molar-refractivity contribution in [2.24, 2.45) is 0 Å².